The predicted octanol–water partition coefficient (Wildman–Crippen LogP) is 5.18. The number of halogens is 1. The first-order valence-electron chi connectivity index (χ1n) is 12.5. The molecule has 1 saturated carbocycles. The molecule has 0 radical (unpaired) electrons. The molecule has 2 fully saturated rings. The second kappa shape index (κ2) is 9.94. The van der Waals surface area contributed by atoms with Gasteiger partial charge in [0.2, 0.25) is 5.13 Å². The third kappa shape index (κ3) is 5.18. The minimum Gasteiger partial charge on any atom is -0.315 e. The van der Waals surface area contributed by atoms with Crippen LogP contribution in [0.4, 0.5) is 15.3 Å². The Kier molecular flexibility index (Phi) is 6.39. The number of anilines is 2. The minimum atomic E-state index is -0.663. The summed E-state index contributed by atoms with van der Waals surface area (Å²) in [7, 11) is 0. The number of likely N-dealkylation sites (tertiary alicyclic amines) is 1. The summed E-state index contributed by atoms with van der Waals surface area (Å²) in [6.07, 6.45) is 11.7. The molecule has 10 heteroatoms. The molecule has 1 atom stereocenters. The monoisotopic (exact) mass is 492 g/mol. The van der Waals surface area contributed by atoms with Crippen molar-refractivity contribution >= 4 is 33.3 Å². The van der Waals surface area contributed by atoms with E-state index in [0.29, 0.717) is 18.9 Å². The van der Waals surface area contributed by atoms with Crippen molar-refractivity contribution < 1.29 is 4.39 Å². The lowest BCUT2D eigenvalue weighted by Crippen LogP contribution is -2.23. The van der Waals surface area contributed by atoms with E-state index >= 15 is 0 Å². The van der Waals surface area contributed by atoms with Crippen molar-refractivity contribution in [3.8, 4) is 11.1 Å². The van der Waals surface area contributed by atoms with Crippen molar-refractivity contribution in [2.45, 2.75) is 57.2 Å². The Morgan fingerprint density at radius 2 is 1.94 bits per heavy atom. The fraction of sp³-hybridized carbons (Fsp3) is 0.480. The maximum Gasteiger partial charge on any atom is 0.211 e. The lowest BCUT2D eigenvalue weighted by Gasteiger charge is -2.13. The van der Waals surface area contributed by atoms with Crippen LogP contribution in [0.25, 0.3) is 22.2 Å². The van der Waals surface area contributed by atoms with E-state index in [0.717, 1.165) is 64.2 Å². The summed E-state index contributed by atoms with van der Waals surface area (Å²) in [5.41, 5.74) is 3.64. The lowest BCUT2D eigenvalue weighted by molar-refractivity contribution is 0.280. The van der Waals surface area contributed by atoms with Crippen molar-refractivity contribution in [1.29, 1.82) is 0 Å². The summed E-state index contributed by atoms with van der Waals surface area (Å²) in [5, 5.41) is 18.4. The van der Waals surface area contributed by atoms with Crippen molar-refractivity contribution in [3.05, 3.63) is 41.8 Å². The number of alkyl halides is 1. The Balaban J connectivity index is 1.12. The number of fused-ring (bicyclic) bond motifs is 1. The molecule has 0 unspecified atom stereocenters. The molecule has 6 rings (SSSR count). The molecule has 0 aromatic carbocycles. The van der Waals surface area contributed by atoms with E-state index in [-0.39, 0.29) is 0 Å². The zero-order valence-corrected chi connectivity index (χ0v) is 20.4. The van der Waals surface area contributed by atoms with Gasteiger partial charge in [0.25, 0.3) is 0 Å². The number of pyridine rings is 2. The van der Waals surface area contributed by atoms with E-state index in [1.165, 1.54) is 25.7 Å². The number of hydrogen-bond acceptors (Lipinski definition) is 8. The van der Waals surface area contributed by atoms with Gasteiger partial charge in [0.05, 0.1) is 17.2 Å². The van der Waals surface area contributed by atoms with Gasteiger partial charge in [-0.1, -0.05) is 24.2 Å². The van der Waals surface area contributed by atoms with E-state index < -0.39 is 6.17 Å². The maximum atomic E-state index is 13.3. The largest absolute Gasteiger partial charge is 0.315 e. The number of rotatable bonds is 8. The Hall–Kier alpha value is -2.98. The van der Waals surface area contributed by atoms with Crippen LogP contribution in [0.2, 0.25) is 0 Å². The molecule has 8 nitrogen and oxygen atoms in total. The Morgan fingerprint density at radius 1 is 1.03 bits per heavy atom. The summed E-state index contributed by atoms with van der Waals surface area (Å²) in [5.74, 6) is 1.29. The smallest absolute Gasteiger partial charge is 0.211 e. The summed E-state index contributed by atoms with van der Waals surface area (Å²) >= 11 is 1.63. The molecule has 1 aliphatic carbocycles. The fourth-order valence-electron chi connectivity index (χ4n) is 5.05. The first-order chi connectivity index (χ1) is 17.2. The molecule has 4 aromatic heterocycles. The molecule has 0 spiro atoms. The van der Waals surface area contributed by atoms with Crippen LogP contribution >= 0.6 is 11.3 Å². The summed E-state index contributed by atoms with van der Waals surface area (Å²) in [6.45, 7) is 3.14. The van der Waals surface area contributed by atoms with Crippen LogP contribution in [-0.4, -0.2) is 60.7 Å². The van der Waals surface area contributed by atoms with E-state index in [2.05, 4.69) is 30.5 Å². The molecule has 5 heterocycles. The molecular weight excluding hydrogens is 463 g/mol. The standard InChI is InChI=1S/C25H29FN8S/c26-20-8-11-33(16-20)9-3-10-34-15-19(14-28-34)18-12-22-21(27-13-18)6-7-23(29-22)30-25-32-31-24(35-25)17-4-1-2-5-17/h6-7,12-15,17,20H,1-5,8-11,16H2,(H,29,30,32)/t20-/m1/s1. The van der Waals surface area contributed by atoms with Crippen LogP contribution in [0, 0.1) is 0 Å². The SMILES string of the molecule is F[C@@H]1CCN(CCCn2cc(-c3cnc4ccc(Nc5nnc(C6CCCC6)s5)nc4c3)cn2)C1. The van der Waals surface area contributed by atoms with Crippen LogP contribution in [0.15, 0.2) is 36.8 Å². The summed E-state index contributed by atoms with van der Waals surface area (Å²) < 4.78 is 15.3. The van der Waals surface area contributed by atoms with Crippen molar-refractivity contribution in [2.24, 2.45) is 0 Å². The molecule has 0 bridgehead atoms. The quantitative estimate of drug-likeness (QED) is 0.363. The summed E-state index contributed by atoms with van der Waals surface area (Å²) in [6, 6.07) is 5.94. The minimum absolute atomic E-state index is 0.558. The van der Waals surface area contributed by atoms with Gasteiger partial charge >= 0.3 is 0 Å². The third-order valence-electron chi connectivity index (χ3n) is 6.96. The normalized spacial score (nSPS) is 19.2. The summed E-state index contributed by atoms with van der Waals surface area (Å²) in [4.78, 5) is 11.6. The van der Waals surface area contributed by atoms with Gasteiger partial charge in [-0.25, -0.2) is 9.37 Å². The average molecular weight is 493 g/mol. The molecule has 1 N–H and O–H groups in total. The van der Waals surface area contributed by atoms with Crippen LogP contribution < -0.4 is 5.32 Å². The third-order valence-corrected chi connectivity index (χ3v) is 7.96. The average Bonchev–Trinajstić information content (AvgIpc) is 3.67. The number of aryl methyl sites for hydroxylation is 1. The number of aromatic nitrogens is 6. The molecule has 1 aliphatic heterocycles. The van der Waals surface area contributed by atoms with E-state index in [4.69, 9.17) is 4.98 Å². The van der Waals surface area contributed by atoms with Crippen molar-refractivity contribution in [3.63, 3.8) is 0 Å². The van der Waals surface area contributed by atoms with Gasteiger partial charge < -0.3 is 10.2 Å². The van der Waals surface area contributed by atoms with Crippen molar-refractivity contribution in [2.75, 3.05) is 25.0 Å². The highest BCUT2D eigenvalue weighted by atomic mass is 32.1. The van der Waals surface area contributed by atoms with Gasteiger partial charge in [0, 0.05) is 55.6 Å². The zero-order chi connectivity index (χ0) is 23.6. The Bertz CT molecular complexity index is 1300. The van der Waals surface area contributed by atoms with Crippen LogP contribution in [0.5, 0.6) is 0 Å². The molecule has 2 aliphatic rings. The van der Waals surface area contributed by atoms with Gasteiger partial charge in [-0.15, -0.1) is 10.2 Å². The highest BCUT2D eigenvalue weighted by Crippen LogP contribution is 2.37. The zero-order valence-electron chi connectivity index (χ0n) is 19.6. The fourth-order valence-corrected chi connectivity index (χ4v) is 5.97. The van der Waals surface area contributed by atoms with Gasteiger partial charge in [0.15, 0.2) is 0 Å². The van der Waals surface area contributed by atoms with Crippen LogP contribution in [0.1, 0.15) is 49.5 Å². The van der Waals surface area contributed by atoms with Crippen molar-refractivity contribution in [1.82, 2.24) is 34.8 Å². The first kappa shape index (κ1) is 22.5. The highest BCUT2D eigenvalue weighted by molar-refractivity contribution is 7.15. The van der Waals surface area contributed by atoms with Gasteiger partial charge in [-0.05, 0) is 43.9 Å². The van der Waals surface area contributed by atoms with Gasteiger partial charge in [-0.3, -0.25) is 9.67 Å². The lowest BCUT2D eigenvalue weighted by atomic mass is 10.1. The Labute approximate surface area is 207 Å². The van der Waals surface area contributed by atoms with E-state index in [9.17, 15) is 4.39 Å². The maximum absolute atomic E-state index is 13.3. The molecular formula is C25H29FN8S. The van der Waals surface area contributed by atoms with E-state index in [1.807, 2.05) is 41.5 Å². The first-order valence-corrected chi connectivity index (χ1v) is 13.3. The van der Waals surface area contributed by atoms with E-state index in [1.54, 1.807) is 11.3 Å². The topological polar surface area (TPSA) is 84.7 Å². The van der Waals surface area contributed by atoms with Crippen LogP contribution in [-0.2, 0) is 6.54 Å². The Morgan fingerprint density at radius 3 is 2.80 bits per heavy atom. The molecule has 0 amide bonds. The number of nitrogens with one attached hydrogen (secondary N) is 1. The second-order valence-electron chi connectivity index (χ2n) is 9.54. The molecule has 35 heavy (non-hydrogen) atoms. The second-order valence-corrected chi connectivity index (χ2v) is 10.6. The molecule has 182 valence electrons. The van der Waals surface area contributed by atoms with Gasteiger partial charge in [-0.2, -0.15) is 5.10 Å². The molecule has 4 aromatic rings. The van der Waals surface area contributed by atoms with Gasteiger partial charge in [0.1, 0.15) is 17.0 Å². The number of nitrogens with zero attached hydrogens (tertiary/aromatic N) is 7. The number of hydrogen-bond donors (Lipinski definition) is 1. The highest BCUT2D eigenvalue weighted by Gasteiger charge is 2.22. The van der Waals surface area contributed by atoms with Crippen LogP contribution in [0.3, 0.4) is 0 Å². The predicted molar refractivity (Wildman–Crippen MR) is 136 cm³/mol. The molecule has 1 saturated heterocycles.